The first-order valence-electron chi connectivity index (χ1n) is 10.8. The maximum Gasteiger partial charge on any atom is 0.230 e. The van der Waals surface area contributed by atoms with Crippen molar-refractivity contribution >= 4 is 5.91 Å². The van der Waals surface area contributed by atoms with Crippen LogP contribution in [0.5, 0.6) is 0 Å². The molecular formula is C22H33N3O2. The second-order valence-corrected chi connectivity index (χ2v) is 9.62. The highest BCUT2D eigenvalue weighted by Crippen LogP contribution is 2.62. The topological polar surface area (TPSA) is 39.9 Å². The smallest absolute Gasteiger partial charge is 0.230 e. The molecule has 5 heteroatoms. The molecule has 0 radical (unpaired) electrons. The van der Waals surface area contributed by atoms with E-state index in [9.17, 15) is 4.79 Å². The number of carbonyl (C=O) groups excluding carboxylic acids is 1. The minimum absolute atomic E-state index is 0.0950. The molecule has 4 aliphatic rings. The van der Waals surface area contributed by atoms with Crippen molar-refractivity contribution in [1.29, 1.82) is 0 Å². The van der Waals surface area contributed by atoms with Crippen LogP contribution in [0.4, 0.5) is 0 Å². The Morgan fingerprint density at radius 2 is 1.93 bits per heavy atom. The Labute approximate surface area is 162 Å². The van der Waals surface area contributed by atoms with E-state index in [1.54, 1.807) is 6.26 Å². The van der Waals surface area contributed by atoms with Gasteiger partial charge in [0.1, 0.15) is 5.76 Å². The predicted octanol–water partition coefficient (Wildman–Crippen LogP) is 2.83. The summed E-state index contributed by atoms with van der Waals surface area (Å²) in [5.41, 5.74) is 0.280. The molecule has 0 bridgehead atoms. The molecule has 1 amide bonds. The lowest BCUT2D eigenvalue weighted by Gasteiger charge is -2.44. The second kappa shape index (κ2) is 6.63. The van der Waals surface area contributed by atoms with Gasteiger partial charge in [0.25, 0.3) is 0 Å². The van der Waals surface area contributed by atoms with Crippen LogP contribution in [0.15, 0.2) is 22.8 Å². The van der Waals surface area contributed by atoms with Crippen LogP contribution >= 0.6 is 0 Å². The summed E-state index contributed by atoms with van der Waals surface area (Å²) in [6.07, 6.45) is 8.98. The molecule has 1 spiro atoms. The molecule has 1 saturated carbocycles. The van der Waals surface area contributed by atoms with Crippen molar-refractivity contribution in [2.45, 2.75) is 45.1 Å². The van der Waals surface area contributed by atoms with Crippen LogP contribution < -0.4 is 0 Å². The van der Waals surface area contributed by atoms with Crippen LogP contribution in [0.2, 0.25) is 0 Å². The van der Waals surface area contributed by atoms with Crippen LogP contribution in [0.1, 0.15) is 44.3 Å². The van der Waals surface area contributed by atoms with Gasteiger partial charge in [-0.15, -0.1) is 0 Å². The molecule has 5 rings (SSSR count). The minimum atomic E-state index is -0.0950. The first kappa shape index (κ1) is 17.7. The third kappa shape index (κ3) is 2.85. The molecule has 4 heterocycles. The second-order valence-electron chi connectivity index (χ2n) is 9.62. The normalized spacial score (nSPS) is 33.8. The van der Waals surface area contributed by atoms with E-state index in [2.05, 4.69) is 27.8 Å². The molecule has 3 aliphatic heterocycles. The fourth-order valence-corrected chi connectivity index (χ4v) is 6.76. The number of fused-ring (bicyclic) bond motifs is 2. The number of likely N-dealkylation sites (tertiary alicyclic amines) is 3. The first-order chi connectivity index (χ1) is 13.1. The van der Waals surface area contributed by atoms with Gasteiger partial charge in [0, 0.05) is 26.2 Å². The number of hydrogen-bond donors (Lipinski definition) is 0. The zero-order chi connectivity index (χ0) is 18.5. The molecule has 1 aromatic heterocycles. The third-order valence-electron chi connectivity index (χ3n) is 8.15. The Balaban J connectivity index is 1.32. The van der Waals surface area contributed by atoms with Gasteiger partial charge in [0.05, 0.1) is 18.2 Å². The van der Waals surface area contributed by atoms with Crippen LogP contribution in [-0.4, -0.2) is 66.9 Å². The standard InChI is InChI=1S/C22H33N3O2/c1-23-16-19-21(8-12-24(13-9-21)15-18-5-4-14-27-18)6-7-22(19,17-23)20(26)25-10-2-3-11-25/h4-5,14,19H,2-3,6-13,15-17H2,1H3/t19-,22+/m0/s1. The zero-order valence-corrected chi connectivity index (χ0v) is 16.7. The number of furan rings is 1. The summed E-state index contributed by atoms with van der Waals surface area (Å²) < 4.78 is 5.54. The van der Waals surface area contributed by atoms with Crippen molar-refractivity contribution in [3.63, 3.8) is 0 Å². The van der Waals surface area contributed by atoms with E-state index in [0.29, 0.717) is 17.2 Å². The van der Waals surface area contributed by atoms with Gasteiger partial charge in [-0.25, -0.2) is 0 Å². The summed E-state index contributed by atoms with van der Waals surface area (Å²) in [6.45, 7) is 7.25. The van der Waals surface area contributed by atoms with Crippen LogP contribution in [0, 0.1) is 16.7 Å². The number of carbonyl (C=O) groups is 1. The van der Waals surface area contributed by atoms with Gasteiger partial charge in [0.2, 0.25) is 5.91 Å². The van der Waals surface area contributed by atoms with Crippen molar-refractivity contribution in [3.8, 4) is 0 Å². The van der Waals surface area contributed by atoms with Gasteiger partial charge in [-0.2, -0.15) is 0 Å². The molecule has 2 atom stereocenters. The highest BCUT2D eigenvalue weighted by Gasteiger charge is 2.64. The Kier molecular flexibility index (Phi) is 4.36. The van der Waals surface area contributed by atoms with Crippen molar-refractivity contribution in [3.05, 3.63) is 24.2 Å². The maximum absolute atomic E-state index is 13.6. The summed E-state index contributed by atoms with van der Waals surface area (Å²) in [7, 11) is 2.22. The van der Waals surface area contributed by atoms with Gasteiger partial charge in [-0.3, -0.25) is 9.69 Å². The van der Waals surface area contributed by atoms with E-state index < -0.39 is 0 Å². The Bertz CT molecular complexity index is 674. The maximum atomic E-state index is 13.6. The fraction of sp³-hybridized carbons (Fsp3) is 0.773. The van der Waals surface area contributed by atoms with Crippen molar-refractivity contribution in [1.82, 2.24) is 14.7 Å². The number of piperidine rings is 1. The van der Waals surface area contributed by atoms with E-state index >= 15 is 0 Å². The summed E-state index contributed by atoms with van der Waals surface area (Å²) in [6, 6.07) is 4.05. The minimum Gasteiger partial charge on any atom is -0.468 e. The molecule has 3 saturated heterocycles. The summed E-state index contributed by atoms with van der Waals surface area (Å²) in [5, 5.41) is 0. The largest absolute Gasteiger partial charge is 0.468 e. The number of amides is 1. The van der Waals surface area contributed by atoms with E-state index in [1.165, 1.54) is 32.1 Å². The lowest BCUT2D eigenvalue weighted by Crippen LogP contribution is -2.49. The zero-order valence-electron chi connectivity index (χ0n) is 16.7. The van der Waals surface area contributed by atoms with Crippen molar-refractivity contribution in [2.24, 2.45) is 16.7 Å². The number of rotatable bonds is 3. The highest BCUT2D eigenvalue weighted by atomic mass is 16.3. The summed E-state index contributed by atoms with van der Waals surface area (Å²) in [4.78, 5) is 20.7. The third-order valence-corrected chi connectivity index (χ3v) is 8.15. The fourth-order valence-electron chi connectivity index (χ4n) is 6.76. The van der Waals surface area contributed by atoms with Gasteiger partial charge in [-0.05, 0) is 82.1 Å². The Morgan fingerprint density at radius 1 is 1.15 bits per heavy atom. The molecule has 0 unspecified atom stereocenters. The average molecular weight is 372 g/mol. The molecule has 1 aliphatic carbocycles. The predicted molar refractivity (Wildman–Crippen MR) is 104 cm³/mol. The molecule has 27 heavy (non-hydrogen) atoms. The monoisotopic (exact) mass is 371 g/mol. The summed E-state index contributed by atoms with van der Waals surface area (Å²) in [5.74, 6) is 2.11. The first-order valence-corrected chi connectivity index (χ1v) is 10.8. The van der Waals surface area contributed by atoms with Gasteiger partial charge < -0.3 is 14.2 Å². The van der Waals surface area contributed by atoms with Gasteiger partial charge in [-0.1, -0.05) is 0 Å². The van der Waals surface area contributed by atoms with E-state index in [4.69, 9.17) is 4.42 Å². The molecule has 1 aromatic rings. The van der Waals surface area contributed by atoms with Crippen molar-refractivity contribution < 1.29 is 9.21 Å². The lowest BCUT2D eigenvalue weighted by molar-refractivity contribution is -0.143. The van der Waals surface area contributed by atoms with Crippen LogP contribution in [-0.2, 0) is 11.3 Å². The Morgan fingerprint density at radius 3 is 2.63 bits per heavy atom. The van der Waals surface area contributed by atoms with Crippen molar-refractivity contribution in [2.75, 3.05) is 46.3 Å². The summed E-state index contributed by atoms with van der Waals surface area (Å²) >= 11 is 0. The van der Waals surface area contributed by atoms with E-state index in [-0.39, 0.29) is 5.41 Å². The molecular weight excluding hydrogens is 338 g/mol. The van der Waals surface area contributed by atoms with Crippen LogP contribution in [0.25, 0.3) is 0 Å². The molecule has 0 aromatic carbocycles. The molecule has 4 fully saturated rings. The molecule has 5 nitrogen and oxygen atoms in total. The van der Waals surface area contributed by atoms with E-state index in [1.807, 2.05) is 6.07 Å². The number of hydrogen-bond acceptors (Lipinski definition) is 4. The average Bonchev–Trinajstić information content (AvgIpc) is 3.44. The quantitative estimate of drug-likeness (QED) is 0.819. The lowest BCUT2D eigenvalue weighted by atomic mass is 9.65. The van der Waals surface area contributed by atoms with Crippen LogP contribution in [0.3, 0.4) is 0 Å². The Hall–Kier alpha value is -1.33. The molecule has 0 N–H and O–H groups in total. The highest BCUT2D eigenvalue weighted by molar-refractivity contribution is 5.84. The SMILES string of the molecule is CN1C[C@H]2C3(CCN(Cc4ccco4)CC3)CC[C@@]2(C(=O)N2CCCC2)C1. The van der Waals surface area contributed by atoms with Gasteiger partial charge in [0.15, 0.2) is 0 Å². The molecule has 148 valence electrons. The van der Waals surface area contributed by atoms with E-state index in [0.717, 1.165) is 58.0 Å². The van der Waals surface area contributed by atoms with Gasteiger partial charge >= 0.3 is 0 Å². The number of nitrogens with zero attached hydrogens (tertiary/aromatic N) is 3.